The summed E-state index contributed by atoms with van der Waals surface area (Å²) in [5.41, 5.74) is -3.88. The summed E-state index contributed by atoms with van der Waals surface area (Å²) in [5, 5.41) is 15.4. The Morgan fingerprint density at radius 2 is 1.96 bits per heavy atom. The van der Waals surface area contributed by atoms with Gasteiger partial charge in [0.05, 0.1) is 10.9 Å². The highest BCUT2D eigenvalue weighted by Crippen LogP contribution is 2.44. The highest BCUT2D eigenvalue weighted by Gasteiger charge is 2.66. The Labute approximate surface area is 148 Å². The van der Waals surface area contributed by atoms with Gasteiger partial charge in [0.2, 0.25) is 5.72 Å². The van der Waals surface area contributed by atoms with Gasteiger partial charge in [-0.2, -0.15) is 13.2 Å². The molecule has 0 bridgehead atoms. The lowest BCUT2D eigenvalue weighted by Crippen LogP contribution is -2.72. The zero-order valence-electron chi connectivity index (χ0n) is 12.9. The number of Topliss-reactive ketones (excluding diaryl/α,β-unsaturated/α-hetero) is 1. The first kappa shape index (κ1) is 18.3. The average molecular weight is 388 g/mol. The number of hydrogen-bond acceptors (Lipinski definition) is 4. The molecule has 5 nitrogen and oxygen atoms in total. The number of nitrogens with one attached hydrogen (secondary N) is 2. The highest BCUT2D eigenvalue weighted by molar-refractivity contribution is 7.12. The van der Waals surface area contributed by atoms with Gasteiger partial charge in [0.1, 0.15) is 11.7 Å². The third-order valence-electron chi connectivity index (χ3n) is 4.06. The normalized spacial score (nSPS) is 26.1. The van der Waals surface area contributed by atoms with Crippen molar-refractivity contribution in [2.24, 2.45) is 5.92 Å². The monoisotopic (exact) mass is 388 g/mol. The Morgan fingerprint density at radius 1 is 1.23 bits per heavy atom. The zero-order chi connectivity index (χ0) is 19.1. The molecule has 1 aromatic heterocycles. The molecule has 3 atom stereocenters. The molecule has 138 valence electrons. The van der Waals surface area contributed by atoms with Crippen molar-refractivity contribution in [2.45, 2.75) is 17.9 Å². The molecular weight excluding hydrogens is 376 g/mol. The van der Waals surface area contributed by atoms with Crippen LogP contribution in [-0.4, -0.2) is 28.8 Å². The van der Waals surface area contributed by atoms with Gasteiger partial charge < -0.3 is 15.7 Å². The predicted molar refractivity (Wildman–Crippen MR) is 84.0 cm³/mol. The van der Waals surface area contributed by atoms with Crippen LogP contribution in [0.1, 0.15) is 21.3 Å². The van der Waals surface area contributed by atoms with E-state index in [2.05, 4.69) is 5.32 Å². The van der Waals surface area contributed by atoms with Gasteiger partial charge in [0, 0.05) is 0 Å². The van der Waals surface area contributed by atoms with E-state index < -0.39 is 41.5 Å². The first-order chi connectivity index (χ1) is 12.1. The molecule has 1 aliphatic rings. The van der Waals surface area contributed by atoms with Crippen molar-refractivity contribution in [3.8, 4) is 0 Å². The van der Waals surface area contributed by atoms with E-state index in [9.17, 15) is 32.3 Å². The fraction of sp³-hybridized carbons (Fsp3) is 0.250. The number of alkyl halides is 3. The standard InChI is InChI=1S/C16H12F4N2O3S/c17-9-4-1-3-8(7-9)12-11(13(23)10-5-2-6-26-10)15(25,16(18,19)20)22-14(24)21-12/h1-7,11-12,25H,(H2,21,22,24)/t11-,12+,15-/m0/s1. The smallest absolute Gasteiger partial charge is 0.363 e. The fourth-order valence-electron chi connectivity index (χ4n) is 2.89. The van der Waals surface area contributed by atoms with E-state index in [1.807, 2.05) is 0 Å². The van der Waals surface area contributed by atoms with Gasteiger partial charge in [-0.3, -0.25) is 4.79 Å². The molecule has 26 heavy (non-hydrogen) atoms. The maximum atomic E-state index is 13.6. The number of carbonyl (C=O) groups excluding carboxylic acids is 2. The summed E-state index contributed by atoms with van der Waals surface area (Å²) in [4.78, 5) is 24.5. The second-order valence-electron chi connectivity index (χ2n) is 5.71. The number of urea groups is 1. The van der Waals surface area contributed by atoms with Crippen LogP contribution in [0.2, 0.25) is 0 Å². The maximum Gasteiger partial charge on any atom is 0.437 e. The van der Waals surface area contributed by atoms with Gasteiger partial charge in [-0.1, -0.05) is 18.2 Å². The number of rotatable bonds is 3. The Kier molecular flexibility index (Phi) is 4.49. The van der Waals surface area contributed by atoms with E-state index in [0.29, 0.717) is 0 Å². The molecule has 3 rings (SSSR count). The summed E-state index contributed by atoms with van der Waals surface area (Å²) in [5.74, 6) is -3.93. The number of amides is 2. The van der Waals surface area contributed by atoms with Crippen molar-refractivity contribution in [3.05, 3.63) is 58.0 Å². The number of hydrogen-bond donors (Lipinski definition) is 3. The summed E-state index contributed by atoms with van der Waals surface area (Å²) in [6.07, 6.45) is -5.34. The molecule has 1 saturated heterocycles. The van der Waals surface area contributed by atoms with Crippen molar-refractivity contribution in [2.75, 3.05) is 0 Å². The van der Waals surface area contributed by atoms with Crippen LogP contribution in [0.4, 0.5) is 22.4 Å². The maximum absolute atomic E-state index is 13.6. The molecule has 0 spiro atoms. The number of thiophene rings is 1. The lowest BCUT2D eigenvalue weighted by Gasteiger charge is -2.44. The number of halogens is 4. The van der Waals surface area contributed by atoms with Crippen LogP contribution in [-0.2, 0) is 0 Å². The van der Waals surface area contributed by atoms with Crippen molar-refractivity contribution >= 4 is 23.2 Å². The largest absolute Gasteiger partial charge is 0.437 e. The molecule has 1 aliphatic heterocycles. The second kappa shape index (κ2) is 6.36. The van der Waals surface area contributed by atoms with E-state index in [1.54, 1.807) is 0 Å². The summed E-state index contributed by atoms with van der Waals surface area (Å²) in [7, 11) is 0. The van der Waals surface area contributed by atoms with Crippen molar-refractivity contribution in [1.29, 1.82) is 0 Å². The third-order valence-corrected chi connectivity index (χ3v) is 4.94. The Balaban J connectivity index is 2.16. The molecule has 1 fully saturated rings. The van der Waals surface area contributed by atoms with E-state index in [-0.39, 0.29) is 10.4 Å². The number of aliphatic hydroxyl groups is 1. The van der Waals surface area contributed by atoms with E-state index in [1.165, 1.54) is 35.0 Å². The minimum absolute atomic E-state index is 0.0305. The van der Waals surface area contributed by atoms with Gasteiger partial charge in [-0.05, 0) is 29.1 Å². The Morgan fingerprint density at radius 3 is 2.54 bits per heavy atom. The first-order valence-corrected chi connectivity index (χ1v) is 8.22. The molecule has 0 unspecified atom stereocenters. The summed E-state index contributed by atoms with van der Waals surface area (Å²) in [6, 6.07) is 4.35. The summed E-state index contributed by atoms with van der Waals surface area (Å²) < 4.78 is 54.4. The lowest BCUT2D eigenvalue weighted by atomic mass is 9.78. The molecular formula is C16H12F4N2O3S. The van der Waals surface area contributed by atoms with Crippen LogP contribution in [0.5, 0.6) is 0 Å². The van der Waals surface area contributed by atoms with E-state index in [4.69, 9.17) is 0 Å². The number of carbonyl (C=O) groups is 2. The highest BCUT2D eigenvalue weighted by atomic mass is 32.1. The van der Waals surface area contributed by atoms with Crippen LogP contribution in [0, 0.1) is 11.7 Å². The molecule has 10 heteroatoms. The topological polar surface area (TPSA) is 78.4 Å². The van der Waals surface area contributed by atoms with Crippen LogP contribution in [0.15, 0.2) is 41.8 Å². The molecule has 2 amide bonds. The molecule has 2 aromatic rings. The van der Waals surface area contributed by atoms with Crippen LogP contribution < -0.4 is 10.6 Å². The number of benzene rings is 1. The van der Waals surface area contributed by atoms with Crippen LogP contribution >= 0.6 is 11.3 Å². The van der Waals surface area contributed by atoms with Crippen LogP contribution in [0.25, 0.3) is 0 Å². The molecule has 0 radical (unpaired) electrons. The SMILES string of the molecule is O=C1N[C@H](c2cccc(F)c2)[C@@H](C(=O)c2cccs2)[C@](O)(C(F)(F)F)N1. The Hall–Kier alpha value is -2.46. The third kappa shape index (κ3) is 3.06. The van der Waals surface area contributed by atoms with Gasteiger partial charge in [-0.15, -0.1) is 11.3 Å². The van der Waals surface area contributed by atoms with E-state index in [0.717, 1.165) is 23.5 Å². The van der Waals surface area contributed by atoms with Gasteiger partial charge in [-0.25, -0.2) is 9.18 Å². The minimum Gasteiger partial charge on any atom is -0.363 e. The van der Waals surface area contributed by atoms with Crippen LogP contribution in [0.3, 0.4) is 0 Å². The molecule has 2 heterocycles. The van der Waals surface area contributed by atoms with Crippen molar-refractivity contribution in [3.63, 3.8) is 0 Å². The predicted octanol–water partition coefficient (Wildman–Crippen LogP) is 2.99. The van der Waals surface area contributed by atoms with Crippen molar-refractivity contribution in [1.82, 2.24) is 10.6 Å². The quantitative estimate of drug-likeness (QED) is 0.559. The fourth-order valence-corrected chi connectivity index (χ4v) is 3.59. The molecule has 1 aromatic carbocycles. The zero-order valence-corrected chi connectivity index (χ0v) is 13.7. The number of ketones is 1. The van der Waals surface area contributed by atoms with Gasteiger partial charge >= 0.3 is 12.2 Å². The first-order valence-electron chi connectivity index (χ1n) is 7.34. The Bertz CT molecular complexity index is 840. The second-order valence-corrected chi connectivity index (χ2v) is 6.66. The molecule has 0 aliphatic carbocycles. The molecule has 0 saturated carbocycles. The minimum atomic E-state index is -5.34. The van der Waals surface area contributed by atoms with Gasteiger partial charge in [0.15, 0.2) is 5.78 Å². The molecule has 3 N–H and O–H groups in total. The summed E-state index contributed by atoms with van der Waals surface area (Å²) >= 11 is 0.895. The van der Waals surface area contributed by atoms with Gasteiger partial charge in [0.25, 0.3) is 0 Å². The van der Waals surface area contributed by atoms with Crippen molar-refractivity contribution < 1.29 is 32.3 Å². The summed E-state index contributed by atoms with van der Waals surface area (Å²) in [6.45, 7) is 0. The lowest BCUT2D eigenvalue weighted by molar-refractivity contribution is -0.287. The average Bonchev–Trinajstić information content (AvgIpc) is 3.07. The van der Waals surface area contributed by atoms with E-state index >= 15 is 0 Å².